The molecule has 7 heteroatoms. The number of nitrogens with one attached hydrogen (secondary N) is 2. The fraction of sp³-hybridized carbons (Fsp3) is 0.188. The summed E-state index contributed by atoms with van der Waals surface area (Å²) in [5.74, 6) is -0.198. The molecule has 2 N–H and O–H groups in total. The van der Waals surface area contributed by atoms with Crippen LogP contribution in [0.2, 0.25) is 0 Å². The summed E-state index contributed by atoms with van der Waals surface area (Å²) >= 11 is 2.13. The number of sulfonamides is 1. The summed E-state index contributed by atoms with van der Waals surface area (Å²) in [6.45, 7) is 4.83. The first kappa shape index (κ1) is 17.7. The Labute approximate surface area is 149 Å². The summed E-state index contributed by atoms with van der Waals surface area (Å²) in [4.78, 5) is 11.4. The number of aryl methyl sites for hydroxylation is 2. The van der Waals surface area contributed by atoms with Gasteiger partial charge in [-0.1, -0.05) is 6.07 Å². The first-order valence-corrected chi connectivity index (χ1v) is 9.42. The lowest BCUT2D eigenvalue weighted by Gasteiger charge is -2.15. The van der Waals surface area contributed by atoms with E-state index in [4.69, 9.17) is 0 Å². The number of halogens is 1. The smallest absolute Gasteiger partial charge is 0.262 e. The molecular weight excluding hydrogens is 427 g/mol. The van der Waals surface area contributed by atoms with Crippen molar-refractivity contribution in [3.63, 3.8) is 0 Å². The van der Waals surface area contributed by atoms with Gasteiger partial charge in [0.1, 0.15) is 0 Å². The third-order valence-electron chi connectivity index (χ3n) is 3.13. The Morgan fingerprint density at radius 2 is 1.65 bits per heavy atom. The highest BCUT2D eigenvalue weighted by molar-refractivity contribution is 14.1. The summed E-state index contributed by atoms with van der Waals surface area (Å²) in [5, 5.41) is 2.67. The van der Waals surface area contributed by atoms with E-state index in [9.17, 15) is 13.2 Å². The molecule has 2 aromatic carbocycles. The molecule has 0 aromatic heterocycles. The molecule has 0 bridgehead atoms. The van der Waals surface area contributed by atoms with Gasteiger partial charge in [-0.2, -0.15) is 0 Å². The van der Waals surface area contributed by atoms with Crippen LogP contribution in [0.5, 0.6) is 0 Å². The molecule has 5 nitrogen and oxygen atoms in total. The van der Waals surface area contributed by atoms with E-state index in [1.165, 1.54) is 6.92 Å². The molecule has 0 radical (unpaired) electrons. The van der Waals surface area contributed by atoms with Crippen molar-refractivity contribution >= 4 is 49.9 Å². The third-order valence-corrected chi connectivity index (χ3v) is 5.48. The largest absolute Gasteiger partial charge is 0.326 e. The summed E-state index contributed by atoms with van der Waals surface area (Å²) in [6.07, 6.45) is 0. The second kappa shape index (κ2) is 6.88. The Balaban J connectivity index is 2.42. The minimum Gasteiger partial charge on any atom is -0.326 e. The van der Waals surface area contributed by atoms with Gasteiger partial charge in [-0.15, -0.1) is 0 Å². The molecular formula is C16H17IN2O3S. The molecule has 0 heterocycles. The van der Waals surface area contributed by atoms with E-state index in [0.717, 1.165) is 3.57 Å². The molecule has 2 rings (SSSR count). The van der Waals surface area contributed by atoms with Crippen molar-refractivity contribution < 1.29 is 13.2 Å². The molecule has 0 aliphatic heterocycles. The molecule has 0 atom stereocenters. The van der Waals surface area contributed by atoms with Crippen molar-refractivity contribution in [3.05, 3.63) is 51.1 Å². The van der Waals surface area contributed by atoms with E-state index in [2.05, 4.69) is 32.6 Å². The van der Waals surface area contributed by atoms with Gasteiger partial charge < -0.3 is 5.32 Å². The Hall–Kier alpha value is -1.61. The minimum atomic E-state index is -3.70. The van der Waals surface area contributed by atoms with Crippen LogP contribution >= 0.6 is 22.6 Å². The zero-order valence-corrected chi connectivity index (χ0v) is 15.9. The van der Waals surface area contributed by atoms with Crippen LogP contribution in [0, 0.1) is 17.4 Å². The molecule has 122 valence electrons. The molecule has 0 fully saturated rings. The van der Waals surface area contributed by atoms with Crippen LogP contribution in [0.25, 0.3) is 0 Å². The molecule has 1 amide bonds. The van der Waals surface area contributed by atoms with Gasteiger partial charge in [0.15, 0.2) is 0 Å². The number of hydrogen-bond donors (Lipinski definition) is 2. The lowest BCUT2D eigenvalue weighted by atomic mass is 10.1. The maximum atomic E-state index is 12.7. The fourth-order valence-electron chi connectivity index (χ4n) is 2.41. The summed E-state index contributed by atoms with van der Waals surface area (Å²) in [6, 6.07) is 10.4. The van der Waals surface area contributed by atoms with Crippen molar-refractivity contribution in [2.45, 2.75) is 25.7 Å². The molecule has 0 unspecified atom stereocenters. The lowest BCUT2D eigenvalue weighted by molar-refractivity contribution is -0.114. The first-order chi connectivity index (χ1) is 10.7. The molecule has 0 spiro atoms. The average Bonchev–Trinajstić information content (AvgIpc) is 2.35. The highest BCUT2D eigenvalue weighted by Gasteiger charge is 2.20. The van der Waals surface area contributed by atoms with E-state index in [1.54, 1.807) is 44.2 Å². The van der Waals surface area contributed by atoms with E-state index in [-0.39, 0.29) is 10.8 Å². The molecule has 0 aliphatic rings. The normalized spacial score (nSPS) is 11.1. The first-order valence-electron chi connectivity index (χ1n) is 6.86. The quantitative estimate of drug-likeness (QED) is 0.707. The molecule has 0 saturated carbocycles. The van der Waals surface area contributed by atoms with Crippen molar-refractivity contribution in [1.29, 1.82) is 0 Å². The van der Waals surface area contributed by atoms with Gasteiger partial charge in [-0.3, -0.25) is 9.52 Å². The van der Waals surface area contributed by atoms with Crippen LogP contribution in [-0.2, 0) is 14.8 Å². The SMILES string of the molecule is CC(=O)Nc1cc(C)c(S(=O)(=O)Nc2cccc(I)c2)c(C)c1. The van der Waals surface area contributed by atoms with Crippen LogP contribution in [-0.4, -0.2) is 14.3 Å². The van der Waals surface area contributed by atoms with Crippen molar-refractivity contribution in [3.8, 4) is 0 Å². The van der Waals surface area contributed by atoms with E-state index >= 15 is 0 Å². The van der Waals surface area contributed by atoms with Gasteiger partial charge in [0.05, 0.1) is 4.90 Å². The number of amides is 1. The van der Waals surface area contributed by atoms with Crippen LogP contribution < -0.4 is 10.0 Å². The highest BCUT2D eigenvalue weighted by atomic mass is 127. The second-order valence-corrected chi connectivity index (χ2v) is 8.10. The number of carbonyl (C=O) groups excluding carboxylic acids is 1. The summed E-state index contributed by atoms with van der Waals surface area (Å²) in [7, 11) is -3.70. The Morgan fingerprint density at radius 3 is 2.17 bits per heavy atom. The van der Waals surface area contributed by atoms with Gasteiger partial charge >= 0.3 is 0 Å². The second-order valence-electron chi connectivity index (χ2n) is 5.24. The van der Waals surface area contributed by atoms with Crippen LogP contribution in [0.4, 0.5) is 11.4 Å². The maximum absolute atomic E-state index is 12.7. The summed E-state index contributed by atoms with van der Waals surface area (Å²) < 4.78 is 28.9. The van der Waals surface area contributed by atoms with Gasteiger partial charge in [0.25, 0.3) is 10.0 Å². The van der Waals surface area contributed by atoms with Crippen molar-refractivity contribution in [2.24, 2.45) is 0 Å². The fourth-order valence-corrected chi connectivity index (χ4v) is 4.46. The molecule has 23 heavy (non-hydrogen) atoms. The minimum absolute atomic E-state index is 0.198. The van der Waals surface area contributed by atoms with Gasteiger partial charge in [0.2, 0.25) is 5.91 Å². The number of carbonyl (C=O) groups is 1. The topological polar surface area (TPSA) is 75.3 Å². The molecule has 0 saturated heterocycles. The van der Waals surface area contributed by atoms with Crippen molar-refractivity contribution in [1.82, 2.24) is 0 Å². The summed E-state index contributed by atoms with van der Waals surface area (Å²) in [5.41, 5.74) is 2.25. The number of rotatable bonds is 4. The Morgan fingerprint density at radius 1 is 1.04 bits per heavy atom. The van der Waals surface area contributed by atoms with Gasteiger partial charge in [-0.05, 0) is 77.9 Å². The molecule has 2 aromatic rings. The Kier molecular flexibility index (Phi) is 5.30. The lowest BCUT2D eigenvalue weighted by Crippen LogP contribution is -2.16. The van der Waals surface area contributed by atoms with E-state index in [1.807, 2.05) is 6.07 Å². The molecule has 0 aliphatic carbocycles. The predicted octanol–water partition coefficient (Wildman–Crippen LogP) is 3.67. The van der Waals surface area contributed by atoms with Gasteiger partial charge in [-0.25, -0.2) is 8.42 Å². The number of anilines is 2. The maximum Gasteiger partial charge on any atom is 0.262 e. The van der Waals surface area contributed by atoms with Crippen LogP contribution in [0.3, 0.4) is 0 Å². The van der Waals surface area contributed by atoms with Gasteiger partial charge in [0, 0.05) is 21.9 Å². The standard InChI is InChI=1S/C16H17IN2O3S/c1-10-7-15(18-12(3)20)8-11(2)16(10)23(21,22)19-14-6-4-5-13(17)9-14/h4-9,19H,1-3H3,(H,18,20). The number of hydrogen-bond acceptors (Lipinski definition) is 3. The zero-order chi connectivity index (χ0) is 17.2. The zero-order valence-electron chi connectivity index (χ0n) is 13.0. The predicted molar refractivity (Wildman–Crippen MR) is 100 cm³/mol. The monoisotopic (exact) mass is 444 g/mol. The van der Waals surface area contributed by atoms with E-state index < -0.39 is 10.0 Å². The number of benzene rings is 2. The Bertz CT molecular complexity index is 840. The van der Waals surface area contributed by atoms with E-state index in [0.29, 0.717) is 22.5 Å². The highest BCUT2D eigenvalue weighted by Crippen LogP contribution is 2.27. The van der Waals surface area contributed by atoms with Crippen molar-refractivity contribution in [2.75, 3.05) is 10.0 Å². The van der Waals surface area contributed by atoms with Crippen LogP contribution in [0.1, 0.15) is 18.1 Å². The average molecular weight is 444 g/mol. The van der Waals surface area contributed by atoms with Crippen LogP contribution in [0.15, 0.2) is 41.3 Å². The third kappa shape index (κ3) is 4.44.